The largest absolute Gasteiger partial charge is 0.383 e. The number of rotatable bonds is 5. The molecule has 0 saturated heterocycles. The van der Waals surface area contributed by atoms with Crippen LogP contribution in [0.1, 0.15) is 10.4 Å². The summed E-state index contributed by atoms with van der Waals surface area (Å²) >= 11 is 12.8. The van der Waals surface area contributed by atoms with Crippen LogP contribution >= 0.6 is 43.5 Å². The molecule has 0 saturated carbocycles. The first-order valence-corrected chi connectivity index (χ1v) is 7.38. The van der Waals surface area contributed by atoms with Gasteiger partial charge in [0.15, 0.2) is 0 Å². The zero-order chi connectivity index (χ0) is 13.7. The lowest BCUT2D eigenvalue weighted by molar-refractivity contribution is 0.0784. The molecule has 0 fully saturated rings. The summed E-state index contributed by atoms with van der Waals surface area (Å²) in [4.78, 5) is 13.9. The van der Waals surface area contributed by atoms with Crippen LogP contribution in [0.15, 0.2) is 22.7 Å². The molecule has 6 heteroatoms. The van der Waals surface area contributed by atoms with Crippen molar-refractivity contribution in [3.05, 3.63) is 33.3 Å². The van der Waals surface area contributed by atoms with Gasteiger partial charge in [0.2, 0.25) is 0 Å². The molecule has 18 heavy (non-hydrogen) atoms. The summed E-state index contributed by atoms with van der Waals surface area (Å²) < 4.78 is 5.84. The van der Waals surface area contributed by atoms with Gasteiger partial charge < -0.3 is 9.64 Å². The molecule has 1 unspecified atom stereocenters. The number of nitrogens with zero attached hydrogens (tertiary/aromatic N) is 1. The summed E-state index contributed by atoms with van der Waals surface area (Å²) in [6.07, 6.45) is 0. The van der Waals surface area contributed by atoms with Gasteiger partial charge >= 0.3 is 0 Å². The molecule has 100 valence electrons. The number of halogens is 3. The second kappa shape index (κ2) is 7.48. The Bertz CT molecular complexity index is 429. The minimum atomic E-state index is -0.109. The van der Waals surface area contributed by atoms with E-state index in [2.05, 4.69) is 31.9 Å². The normalized spacial score (nSPS) is 12.3. The Labute approximate surface area is 129 Å². The van der Waals surface area contributed by atoms with E-state index in [0.29, 0.717) is 23.7 Å². The molecule has 3 nitrogen and oxygen atoms in total. The molecule has 1 aromatic carbocycles. The second-order valence-corrected chi connectivity index (χ2v) is 6.48. The van der Waals surface area contributed by atoms with Gasteiger partial charge in [-0.25, -0.2) is 0 Å². The van der Waals surface area contributed by atoms with Crippen molar-refractivity contribution in [2.24, 2.45) is 0 Å². The number of hydrogen-bond acceptors (Lipinski definition) is 2. The Morgan fingerprint density at radius 3 is 2.83 bits per heavy atom. The van der Waals surface area contributed by atoms with E-state index < -0.39 is 0 Å². The van der Waals surface area contributed by atoms with E-state index in [1.807, 2.05) is 0 Å². The van der Waals surface area contributed by atoms with Crippen LogP contribution < -0.4 is 0 Å². The number of carbonyl (C=O) groups is 1. The molecule has 0 aliphatic rings. The smallest absolute Gasteiger partial charge is 0.255 e. The van der Waals surface area contributed by atoms with Crippen molar-refractivity contribution in [2.75, 3.05) is 27.3 Å². The Morgan fingerprint density at radius 2 is 2.22 bits per heavy atom. The molecule has 0 heterocycles. The van der Waals surface area contributed by atoms with Crippen molar-refractivity contribution >= 4 is 49.4 Å². The average Bonchev–Trinajstić information content (AvgIpc) is 2.31. The van der Waals surface area contributed by atoms with Crippen molar-refractivity contribution in [3.8, 4) is 0 Å². The quantitative estimate of drug-likeness (QED) is 0.709. The number of amides is 1. The van der Waals surface area contributed by atoms with Crippen molar-refractivity contribution in [1.82, 2.24) is 4.90 Å². The minimum Gasteiger partial charge on any atom is -0.383 e. The maximum Gasteiger partial charge on any atom is 0.255 e. The topological polar surface area (TPSA) is 29.5 Å². The number of benzene rings is 1. The third-order valence-electron chi connectivity index (χ3n) is 2.32. The molecule has 0 bridgehead atoms. The highest BCUT2D eigenvalue weighted by molar-refractivity contribution is 9.10. The highest BCUT2D eigenvalue weighted by atomic mass is 79.9. The van der Waals surface area contributed by atoms with Gasteiger partial charge in [0, 0.05) is 25.2 Å². The fraction of sp³-hybridized carbons (Fsp3) is 0.417. The van der Waals surface area contributed by atoms with Crippen LogP contribution in [0, 0.1) is 0 Å². The molecule has 0 radical (unpaired) electrons. The Kier molecular flexibility index (Phi) is 6.63. The number of alkyl halides is 1. The van der Waals surface area contributed by atoms with Crippen LogP contribution in [0.25, 0.3) is 0 Å². The first kappa shape index (κ1) is 16.0. The number of methoxy groups -OCH3 is 1. The predicted molar refractivity (Wildman–Crippen MR) is 80.7 cm³/mol. The van der Waals surface area contributed by atoms with Gasteiger partial charge in [-0.05, 0) is 18.2 Å². The van der Waals surface area contributed by atoms with Gasteiger partial charge in [-0.15, -0.1) is 0 Å². The number of ether oxygens (including phenoxy) is 1. The van der Waals surface area contributed by atoms with Gasteiger partial charge in [0.25, 0.3) is 5.91 Å². The molecule has 0 aliphatic carbocycles. The monoisotopic (exact) mass is 397 g/mol. The summed E-state index contributed by atoms with van der Waals surface area (Å²) in [6, 6.07) is 5.23. The number of hydrogen-bond donors (Lipinski definition) is 0. The molecule has 0 aliphatic heterocycles. The molecular formula is C12H14Br2ClNO2. The van der Waals surface area contributed by atoms with Crippen LogP contribution in [-0.4, -0.2) is 42.9 Å². The lowest BCUT2D eigenvalue weighted by atomic mass is 10.2. The highest BCUT2D eigenvalue weighted by Crippen LogP contribution is 2.22. The zero-order valence-electron chi connectivity index (χ0n) is 10.1. The summed E-state index contributed by atoms with van der Waals surface area (Å²) in [5, 5.41) is 0.452. The van der Waals surface area contributed by atoms with E-state index in [1.54, 1.807) is 37.3 Å². The third-order valence-corrected chi connectivity index (χ3v) is 3.70. The van der Waals surface area contributed by atoms with Crippen molar-refractivity contribution < 1.29 is 9.53 Å². The lowest BCUT2D eigenvalue weighted by Gasteiger charge is -2.21. The van der Waals surface area contributed by atoms with E-state index in [1.165, 1.54) is 0 Å². The molecule has 1 amide bonds. The molecular weight excluding hydrogens is 385 g/mol. The van der Waals surface area contributed by atoms with E-state index in [0.717, 1.165) is 4.47 Å². The zero-order valence-corrected chi connectivity index (χ0v) is 14.0. The molecule has 0 spiro atoms. The van der Waals surface area contributed by atoms with Crippen molar-refractivity contribution in [3.63, 3.8) is 0 Å². The minimum absolute atomic E-state index is 0.0994. The Hall–Kier alpha value is -0.100. The van der Waals surface area contributed by atoms with Crippen LogP contribution in [0.2, 0.25) is 5.02 Å². The molecule has 1 aromatic rings. The van der Waals surface area contributed by atoms with Gasteiger partial charge in [0.1, 0.15) is 0 Å². The van der Waals surface area contributed by atoms with Crippen LogP contribution in [0.4, 0.5) is 0 Å². The summed E-state index contributed by atoms with van der Waals surface area (Å²) in [7, 11) is 3.37. The molecule has 1 atom stereocenters. The summed E-state index contributed by atoms with van der Waals surface area (Å²) in [5.74, 6) is -0.109. The van der Waals surface area contributed by atoms with Crippen LogP contribution in [0.5, 0.6) is 0 Å². The maximum absolute atomic E-state index is 12.2. The SMILES string of the molecule is COCC(Br)CN(C)C(=O)c1cc(Br)ccc1Cl. The maximum atomic E-state index is 12.2. The molecule has 0 aromatic heterocycles. The van der Waals surface area contributed by atoms with Crippen LogP contribution in [0.3, 0.4) is 0 Å². The highest BCUT2D eigenvalue weighted by Gasteiger charge is 2.18. The Balaban J connectivity index is 2.77. The molecule has 1 rings (SSSR count). The van der Waals surface area contributed by atoms with Crippen molar-refractivity contribution in [2.45, 2.75) is 4.83 Å². The third kappa shape index (κ3) is 4.53. The van der Waals surface area contributed by atoms with E-state index in [-0.39, 0.29) is 10.7 Å². The lowest BCUT2D eigenvalue weighted by Crippen LogP contribution is -2.33. The fourth-order valence-corrected chi connectivity index (χ4v) is 2.74. The molecule has 0 N–H and O–H groups in total. The second-order valence-electron chi connectivity index (χ2n) is 3.86. The Morgan fingerprint density at radius 1 is 1.56 bits per heavy atom. The van der Waals surface area contributed by atoms with Gasteiger partial charge in [-0.2, -0.15) is 0 Å². The van der Waals surface area contributed by atoms with E-state index in [9.17, 15) is 4.79 Å². The van der Waals surface area contributed by atoms with Gasteiger partial charge in [0.05, 0.1) is 22.0 Å². The fourth-order valence-electron chi connectivity index (χ4n) is 1.48. The van der Waals surface area contributed by atoms with E-state index >= 15 is 0 Å². The predicted octanol–water partition coefficient (Wildman–Crippen LogP) is 3.58. The first-order chi connectivity index (χ1) is 8.45. The van der Waals surface area contributed by atoms with E-state index in [4.69, 9.17) is 16.3 Å². The van der Waals surface area contributed by atoms with Gasteiger partial charge in [-0.3, -0.25) is 4.79 Å². The first-order valence-electron chi connectivity index (χ1n) is 5.29. The summed E-state index contributed by atoms with van der Waals surface area (Å²) in [5.41, 5.74) is 0.491. The standard InChI is InChI=1S/C12H14Br2ClNO2/c1-16(6-9(14)7-18-2)12(17)10-5-8(13)3-4-11(10)15/h3-5,9H,6-7H2,1-2H3. The average molecular weight is 400 g/mol. The summed E-state index contributed by atoms with van der Waals surface area (Å²) in [6.45, 7) is 1.10. The number of carbonyl (C=O) groups excluding carboxylic acids is 1. The van der Waals surface area contributed by atoms with Crippen molar-refractivity contribution in [1.29, 1.82) is 0 Å². The van der Waals surface area contributed by atoms with Crippen LogP contribution in [-0.2, 0) is 4.74 Å². The van der Waals surface area contributed by atoms with Gasteiger partial charge in [-0.1, -0.05) is 43.5 Å².